The number of thiophene rings is 1. The van der Waals surface area contributed by atoms with Gasteiger partial charge in [0.25, 0.3) is 15.9 Å². The van der Waals surface area contributed by atoms with Crippen LogP contribution in [0.25, 0.3) is 0 Å². The van der Waals surface area contributed by atoms with Crippen molar-refractivity contribution in [1.29, 1.82) is 0 Å². The van der Waals surface area contributed by atoms with Crippen LogP contribution in [0.15, 0.2) is 46.7 Å². The lowest BCUT2D eigenvalue weighted by Crippen LogP contribution is -2.32. The summed E-state index contributed by atoms with van der Waals surface area (Å²) < 4.78 is 28.9. The first-order chi connectivity index (χ1) is 12.8. The maximum atomic E-state index is 13.2. The highest BCUT2D eigenvalue weighted by Gasteiger charge is 2.29. The van der Waals surface area contributed by atoms with Crippen LogP contribution < -0.4 is 4.31 Å². The highest BCUT2D eigenvalue weighted by atomic mass is 32.2. The third kappa shape index (κ3) is 3.54. The molecule has 0 spiro atoms. The fourth-order valence-corrected chi connectivity index (χ4v) is 5.26. The van der Waals surface area contributed by atoms with Gasteiger partial charge in [-0.05, 0) is 57.3 Å². The summed E-state index contributed by atoms with van der Waals surface area (Å²) in [4.78, 5) is 13.5. The SMILES string of the molecule is CCN(c1ccsc1C(=O)n1nc(C)cc1C)S(=O)(=O)c1ccc(C)cc1. The molecular formula is C19H21N3O3S2. The molecule has 0 aliphatic carbocycles. The van der Waals surface area contributed by atoms with Crippen molar-refractivity contribution >= 4 is 33.0 Å². The molecule has 2 aromatic heterocycles. The quantitative estimate of drug-likeness (QED) is 0.650. The number of aromatic nitrogens is 2. The van der Waals surface area contributed by atoms with Crippen LogP contribution in [-0.2, 0) is 10.0 Å². The van der Waals surface area contributed by atoms with Gasteiger partial charge in [0, 0.05) is 12.2 Å². The molecule has 3 aromatic rings. The van der Waals surface area contributed by atoms with E-state index in [-0.39, 0.29) is 17.3 Å². The van der Waals surface area contributed by atoms with Gasteiger partial charge in [-0.3, -0.25) is 9.10 Å². The molecular weight excluding hydrogens is 382 g/mol. The number of sulfonamides is 1. The molecule has 2 heterocycles. The molecule has 0 unspecified atom stereocenters. The average Bonchev–Trinajstić information content (AvgIpc) is 3.21. The van der Waals surface area contributed by atoms with Crippen LogP contribution in [0.3, 0.4) is 0 Å². The van der Waals surface area contributed by atoms with Gasteiger partial charge in [0.1, 0.15) is 4.88 Å². The van der Waals surface area contributed by atoms with Crippen molar-refractivity contribution in [3.8, 4) is 0 Å². The Bertz CT molecular complexity index is 1080. The Kier molecular flexibility index (Phi) is 5.21. The number of hydrogen-bond acceptors (Lipinski definition) is 5. The Balaban J connectivity index is 2.05. The maximum Gasteiger partial charge on any atom is 0.290 e. The van der Waals surface area contributed by atoms with Gasteiger partial charge in [-0.15, -0.1) is 11.3 Å². The topological polar surface area (TPSA) is 72.3 Å². The lowest BCUT2D eigenvalue weighted by atomic mass is 10.2. The first-order valence-electron chi connectivity index (χ1n) is 8.50. The first kappa shape index (κ1) is 19.3. The van der Waals surface area contributed by atoms with E-state index in [1.807, 2.05) is 19.9 Å². The van der Waals surface area contributed by atoms with E-state index in [0.29, 0.717) is 16.3 Å². The van der Waals surface area contributed by atoms with Crippen molar-refractivity contribution in [2.75, 3.05) is 10.8 Å². The molecule has 0 fully saturated rings. The van der Waals surface area contributed by atoms with Crippen molar-refractivity contribution in [2.24, 2.45) is 0 Å². The molecule has 0 amide bonds. The Labute approximate surface area is 163 Å². The summed E-state index contributed by atoms with van der Waals surface area (Å²) in [7, 11) is -3.78. The maximum absolute atomic E-state index is 13.2. The van der Waals surface area contributed by atoms with E-state index in [2.05, 4.69) is 5.10 Å². The third-order valence-electron chi connectivity index (χ3n) is 4.21. The molecule has 142 valence electrons. The van der Waals surface area contributed by atoms with Gasteiger partial charge in [0.2, 0.25) is 0 Å². The summed E-state index contributed by atoms with van der Waals surface area (Å²) in [5.74, 6) is -0.330. The number of aryl methyl sites for hydroxylation is 3. The average molecular weight is 404 g/mol. The van der Waals surface area contributed by atoms with Gasteiger partial charge >= 0.3 is 0 Å². The second-order valence-corrected chi connectivity index (χ2v) is 9.04. The Morgan fingerprint density at radius 3 is 2.37 bits per heavy atom. The summed E-state index contributed by atoms with van der Waals surface area (Å²) in [6.45, 7) is 7.47. The summed E-state index contributed by atoms with van der Waals surface area (Å²) in [5.41, 5.74) is 2.80. The van der Waals surface area contributed by atoms with Crippen molar-refractivity contribution in [3.63, 3.8) is 0 Å². The van der Waals surface area contributed by atoms with Crippen LogP contribution in [-0.4, -0.2) is 30.7 Å². The predicted octanol–water partition coefficient (Wildman–Crippen LogP) is 3.77. The molecule has 3 rings (SSSR count). The number of benzene rings is 1. The van der Waals surface area contributed by atoms with Crippen LogP contribution in [0.2, 0.25) is 0 Å². The molecule has 0 bridgehead atoms. The lowest BCUT2D eigenvalue weighted by molar-refractivity contribution is 0.0947. The molecule has 1 aromatic carbocycles. The van der Waals surface area contributed by atoms with Gasteiger partial charge in [0.15, 0.2) is 0 Å². The summed E-state index contributed by atoms with van der Waals surface area (Å²) >= 11 is 1.21. The first-order valence-corrected chi connectivity index (χ1v) is 10.8. The third-order valence-corrected chi connectivity index (χ3v) is 7.00. The fraction of sp³-hybridized carbons (Fsp3) is 0.263. The minimum Gasteiger partial charge on any atom is -0.266 e. The van der Waals surface area contributed by atoms with Crippen LogP contribution in [0.1, 0.15) is 33.5 Å². The molecule has 0 saturated carbocycles. The van der Waals surface area contributed by atoms with E-state index in [0.717, 1.165) is 11.3 Å². The standard InChI is InChI=1S/C19H21N3O3S2/c1-5-21(27(24,25)16-8-6-13(2)7-9-16)17-10-11-26-18(17)19(23)22-15(4)12-14(3)20-22/h6-12H,5H2,1-4H3. The largest absolute Gasteiger partial charge is 0.290 e. The highest BCUT2D eigenvalue weighted by Crippen LogP contribution is 2.32. The number of hydrogen-bond donors (Lipinski definition) is 0. The van der Waals surface area contributed by atoms with Gasteiger partial charge in [-0.1, -0.05) is 17.7 Å². The van der Waals surface area contributed by atoms with Crippen molar-refractivity contribution in [2.45, 2.75) is 32.6 Å². The molecule has 0 radical (unpaired) electrons. The minimum atomic E-state index is -3.78. The summed E-state index contributed by atoms with van der Waals surface area (Å²) in [5, 5.41) is 5.95. The lowest BCUT2D eigenvalue weighted by Gasteiger charge is -2.23. The van der Waals surface area contributed by atoms with Crippen LogP contribution in [0.5, 0.6) is 0 Å². The number of rotatable bonds is 5. The highest BCUT2D eigenvalue weighted by molar-refractivity contribution is 7.92. The van der Waals surface area contributed by atoms with E-state index in [1.54, 1.807) is 49.6 Å². The molecule has 8 heteroatoms. The molecule has 0 aliphatic heterocycles. The van der Waals surface area contributed by atoms with Gasteiger partial charge in [-0.25, -0.2) is 13.1 Å². The van der Waals surface area contributed by atoms with E-state index in [1.165, 1.54) is 20.3 Å². The van der Waals surface area contributed by atoms with Crippen LogP contribution in [0, 0.1) is 20.8 Å². The van der Waals surface area contributed by atoms with Gasteiger partial charge < -0.3 is 0 Å². The minimum absolute atomic E-state index is 0.200. The monoisotopic (exact) mass is 403 g/mol. The van der Waals surface area contributed by atoms with Crippen LogP contribution in [0.4, 0.5) is 5.69 Å². The van der Waals surface area contributed by atoms with Crippen molar-refractivity contribution in [1.82, 2.24) is 9.78 Å². The molecule has 27 heavy (non-hydrogen) atoms. The van der Waals surface area contributed by atoms with Crippen molar-refractivity contribution < 1.29 is 13.2 Å². The molecule has 0 atom stereocenters. The van der Waals surface area contributed by atoms with E-state index in [9.17, 15) is 13.2 Å². The second kappa shape index (κ2) is 7.28. The van der Waals surface area contributed by atoms with E-state index in [4.69, 9.17) is 0 Å². The number of carbonyl (C=O) groups excluding carboxylic acids is 1. The van der Waals surface area contributed by atoms with Gasteiger partial charge in [-0.2, -0.15) is 5.10 Å². The van der Waals surface area contributed by atoms with Crippen molar-refractivity contribution in [3.05, 3.63) is 63.6 Å². The molecule has 0 N–H and O–H groups in total. The fourth-order valence-electron chi connectivity index (χ4n) is 2.90. The number of anilines is 1. The normalized spacial score (nSPS) is 11.6. The van der Waals surface area contributed by atoms with E-state index < -0.39 is 10.0 Å². The summed E-state index contributed by atoms with van der Waals surface area (Å²) in [6.07, 6.45) is 0. The molecule has 0 aliphatic rings. The second-order valence-electron chi connectivity index (χ2n) is 6.26. The van der Waals surface area contributed by atoms with Crippen LogP contribution >= 0.6 is 11.3 Å². The zero-order valence-electron chi connectivity index (χ0n) is 15.6. The van der Waals surface area contributed by atoms with E-state index >= 15 is 0 Å². The van der Waals surface area contributed by atoms with Gasteiger partial charge in [0.05, 0.1) is 16.3 Å². The zero-order valence-corrected chi connectivity index (χ0v) is 17.3. The smallest absolute Gasteiger partial charge is 0.266 e. The summed E-state index contributed by atoms with van der Waals surface area (Å²) in [6, 6.07) is 10.2. The predicted molar refractivity (Wildman–Crippen MR) is 107 cm³/mol. The zero-order chi connectivity index (χ0) is 19.8. The molecule has 0 saturated heterocycles. The number of nitrogens with zero attached hydrogens (tertiary/aromatic N) is 3. The Morgan fingerprint density at radius 2 is 1.81 bits per heavy atom. The Morgan fingerprint density at radius 1 is 1.15 bits per heavy atom. The number of carbonyl (C=O) groups is 1. The Hall–Kier alpha value is -2.45. The molecule has 6 nitrogen and oxygen atoms in total.